The summed E-state index contributed by atoms with van der Waals surface area (Å²) in [7, 11) is -4.54. The largest absolute Gasteiger partial charge is 0.507 e. The van der Waals surface area contributed by atoms with Crippen molar-refractivity contribution in [3.8, 4) is 22.6 Å². The summed E-state index contributed by atoms with van der Waals surface area (Å²) in [5.41, 5.74) is 17.9. The highest BCUT2D eigenvalue weighted by molar-refractivity contribution is 7.94. The van der Waals surface area contributed by atoms with Gasteiger partial charge < -0.3 is 21.7 Å². The standard InChI is InChI=1S/C34H28N6O8S2/c1-17-11-19(5-9-27(17)37-39-33-25(35)7-3-21-13-23(49-48-47-43)15-29(41)31(21)33)20-6-10-28(18(2)12-20)38-40-34-26(36)8-4-22-14-24(50(44,45)46)16-30(42)32(22)34/h3-16,41-43H,35-36H2,1-2H3,(H,44,45,46). The van der Waals surface area contributed by atoms with Gasteiger partial charge in [0.1, 0.15) is 22.9 Å². The van der Waals surface area contributed by atoms with E-state index >= 15 is 0 Å². The maximum Gasteiger partial charge on any atom is 0.294 e. The van der Waals surface area contributed by atoms with E-state index in [4.69, 9.17) is 16.7 Å². The van der Waals surface area contributed by atoms with E-state index in [1.807, 2.05) is 44.2 Å². The van der Waals surface area contributed by atoms with Gasteiger partial charge in [-0.05, 0) is 101 Å². The molecule has 8 N–H and O–H groups in total. The lowest BCUT2D eigenvalue weighted by atomic mass is 10.00. The second kappa shape index (κ2) is 13.7. The van der Waals surface area contributed by atoms with Crippen LogP contribution >= 0.6 is 12.0 Å². The second-order valence-corrected chi connectivity index (χ2v) is 13.4. The molecule has 254 valence electrons. The van der Waals surface area contributed by atoms with Gasteiger partial charge in [0.2, 0.25) is 0 Å². The molecular formula is C34H28N6O8S2. The molecule has 0 aliphatic heterocycles. The van der Waals surface area contributed by atoms with E-state index in [1.54, 1.807) is 24.3 Å². The van der Waals surface area contributed by atoms with Crippen LogP contribution in [-0.4, -0.2) is 28.4 Å². The van der Waals surface area contributed by atoms with Crippen molar-refractivity contribution in [1.29, 1.82) is 0 Å². The normalized spacial score (nSPS) is 12.2. The zero-order valence-electron chi connectivity index (χ0n) is 26.3. The minimum Gasteiger partial charge on any atom is -0.507 e. The fraction of sp³-hybridized carbons (Fsp3) is 0.0588. The highest BCUT2D eigenvalue weighted by Crippen LogP contribution is 2.43. The molecule has 0 amide bonds. The summed E-state index contributed by atoms with van der Waals surface area (Å²) in [6, 6.07) is 23.0. The fourth-order valence-corrected chi connectivity index (χ4v) is 6.38. The summed E-state index contributed by atoms with van der Waals surface area (Å²) in [5, 5.41) is 52.4. The molecule has 0 unspecified atom stereocenters. The zero-order valence-corrected chi connectivity index (χ0v) is 27.9. The molecule has 0 aliphatic rings. The van der Waals surface area contributed by atoms with Crippen molar-refractivity contribution in [3.05, 3.63) is 96.1 Å². The number of phenols is 2. The van der Waals surface area contributed by atoms with Crippen LogP contribution < -0.4 is 11.5 Å². The van der Waals surface area contributed by atoms with Gasteiger partial charge in [0.25, 0.3) is 10.1 Å². The van der Waals surface area contributed by atoms with Gasteiger partial charge in [-0.15, -0.1) is 14.6 Å². The highest BCUT2D eigenvalue weighted by Gasteiger charge is 2.17. The molecule has 6 rings (SSSR count). The SMILES string of the molecule is Cc1cc(-c2ccc(N=Nc3c(N)ccc4cc(S(=O)(=O)O)cc(O)c34)c(C)c2)ccc1N=Nc1c(N)ccc2cc(SOOO)cc(O)c12. The Labute approximate surface area is 289 Å². The lowest BCUT2D eigenvalue weighted by Gasteiger charge is -2.10. The first-order valence-electron chi connectivity index (χ1n) is 14.6. The number of azo groups is 2. The molecule has 0 saturated carbocycles. The van der Waals surface area contributed by atoms with E-state index in [0.29, 0.717) is 55.8 Å². The monoisotopic (exact) mass is 712 g/mol. The van der Waals surface area contributed by atoms with E-state index in [-0.39, 0.29) is 22.5 Å². The molecule has 0 aliphatic carbocycles. The van der Waals surface area contributed by atoms with E-state index in [9.17, 15) is 23.2 Å². The van der Waals surface area contributed by atoms with Gasteiger partial charge in [0, 0.05) is 11.0 Å². The van der Waals surface area contributed by atoms with Gasteiger partial charge in [-0.3, -0.25) is 4.55 Å². The molecule has 50 heavy (non-hydrogen) atoms. The molecule has 0 spiro atoms. The van der Waals surface area contributed by atoms with Crippen molar-refractivity contribution in [2.45, 2.75) is 23.6 Å². The van der Waals surface area contributed by atoms with Crippen molar-refractivity contribution in [2.75, 3.05) is 11.5 Å². The minimum absolute atomic E-state index is 0.105. The molecule has 16 heteroatoms. The Balaban J connectivity index is 1.26. The van der Waals surface area contributed by atoms with Gasteiger partial charge in [-0.25, -0.2) is 5.26 Å². The Hall–Kier alpha value is -5.62. The summed E-state index contributed by atoms with van der Waals surface area (Å²) in [6.45, 7) is 3.77. The molecule has 6 aromatic rings. The van der Waals surface area contributed by atoms with E-state index in [0.717, 1.165) is 28.3 Å². The van der Waals surface area contributed by atoms with Gasteiger partial charge in [-0.1, -0.05) is 29.3 Å². The number of aryl methyl sites for hydroxylation is 2. The second-order valence-electron chi connectivity index (χ2n) is 11.2. The Morgan fingerprint density at radius 2 is 1.16 bits per heavy atom. The number of benzene rings is 6. The third-order valence-corrected chi connectivity index (χ3v) is 9.24. The van der Waals surface area contributed by atoms with Crippen LogP contribution in [0.25, 0.3) is 32.7 Å². The first kappa shape index (κ1) is 34.3. The summed E-state index contributed by atoms with van der Waals surface area (Å²) in [6.07, 6.45) is 0. The van der Waals surface area contributed by atoms with E-state index < -0.39 is 20.8 Å². The van der Waals surface area contributed by atoms with Crippen LogP contribution in [0.15, 0.2) is 115 Å². The summed E-state index contributed by atoms with van der Waals surface area (Å²) in [5.74, 6) is -0.527. The van der Waals surface area contributed by atoms with E-state index in [1.165, 1.54) is 24.3 Å². The van der Waals surface area contributed by atoms with Crippen LogP contribution in [0.1, 0.15) is 11.1 Å². The molecule has 0 atom stereocenters. The van der Waals surface area contributed by atoms with Crippen molar-refractivity contribution in [1.82, 2.24) is 0 Å². The van der Waals surface area contributed by atoms with Gasteiger partial charge in [0.15, 0.2) is 0 Å². The Morgan fingerprint density at radius 3 is 1.64 bits per heavy atom. The van der Waals surface area contributed by atoms with Crippen LogP contribution in [0.5, 0.6) is 11.5 Å². The van der Waals surface area contributed by atoms with Crippen molar-refractivity contribution >= 4 is 77.8 Å². The lowest BCUT2D eigenvalue weighted by molar-refractivity contribution is -0.432. The minimum atomic E-state index is -4.54. The molecule has 14 nitrogen and oxygen atoms in total. The molecular weight excluding hydrogens is 685 g/mol. The molecule has 6 aromatic carbocycles. The Morgan fingerprint density at radius 1 is 0.660 bits per heavy atom. The number of nitrogens with zero attached hydrogens (tertiary/aromatic N) is 4. The molecule has 0 aromatic heterocycles. The maximum absolute atomic E-state index is 11.6. The number of anilines is 2. The number of nitrogen functional groups attached to an aromatic ring is 2. The number of hydrogen-bond acceptors (Lipinski definition) is 14. The van der Waals surface area contributed by atoms with Crippen LogP contribution in [0.4, 0.5) is 34.1 Å². The fourth-order valence-electron chi connectivity index (χ4n) is 5.40. The smallest absolute Gasteiger partial charge is 0.294 e. The first-order chi connectivity index (χ1) is 23.8. The number of fused-ring (bicyclic) bond motifs is 2. The number of rotatable bonds is 9. The van der Waals surface area contributed by atoms with Crippen LogP contribution in [0, 0.1) is 13.8 Å². The average molecular weight is 713 g/mol. The summed E-state index contributed by atoms with van der Waals surface area (Å²) >= 11 is 0.714. The topological polar surface area (TPSA) is 235 Å². The van der Waals surface area contributed by atoms with Crippen LogP contribution in [0.2, 0.25) is 0 Å². The lowest BCUT2D eigenvalue weighted by Crippen LogP contribution is -1.98. The third kappa shape index (κ3) is 6.92. The Kier molecular flexibility index (Phi) is 9.39. The predicted octanol–water partition coefficient (Wildman–Crippen LogP) is 9.36. The molecule has 0 radical (unpaired) electrons. The van der Waals surface area contributed by atoms with E-state index in [2.05, 4.69) is 29.8 Å². The van der Waals surface area contributed by atoms with Gasteiger partial charge >= 0.3 is 0 Å². The summed E-state index contributed by atoms with van der Waals surface area (Å²) in [4.78, 5) is 0.0167. The zero-order chi connectivity index (χ0) is 35.7. The highest BCUT2D eigenvalue weighted by atomic mass is 32.2. The number of nitrogens with two attached hydrogens (primary N) is 2. The van der Waals surface area contributed by atoms with Gasteiger partial charge in [0.05, 0.1) is 50.5 Å². The molecule has 0 saturated heterocycles. The van der Waals surface area contributed by atoms with Crippen LogP contribution in [-0.2, 0) is 19.5 Å². The number of phenolic OH excluding ortho intramolecular Hbond substituents is 2. The van der Waals surface area contributed by atoms with Crippen molar-refractivity contribution in [2.24, 2.45) is 20.5 Å². The first-order valence-corrected chi connectivity index (χ1v) is 16.8. The Bertz CT molecular complexity index is 2490. The molecule has 0 fully saturated rings. The number of hydrogen-bond donors (Lipinski definition) is 6. The van der Waals surface area contributed by atoms with Gasteiger partial charge in [-0.2, -0.15) is 18.6 Å². The predicted molar refractivity (Wildman–Crippen MR) is 190 cm³/mol. The maximum atomic E-state index is 11.6. The average Bonchev–Trinajstić information content (AvgIpc) is 3.07. The van der Waals surface area contributed by atoms with Crippen molar-refractivity contribution in [3.63, 3.8) is 0 Å². The third-order valence-electron chi connectivity index (χ3n) is 7.85. The molecule has 0 bridgehead atoms. The number of aromatic hydroxyl groups is 2. The summed E-state index contributed by atoms with van der Waals surface area (Å²) < 4.78 is 37.1. The van der Waals surface area contributed by atoms with Crippen molar-refractivity contribution < 1.29 is 37.8 Å². The molecule has 0 heterocycles. The van der Waals surface area contributed by atoms with Crippen LogP contribution in [0.3, 0.4) is 0 Å². The quantitative estimate of drug-likeness (QED) is 0.0206.